The van der Waals surface area contributed by atoms with Gasteiger partial charge in [-0.2, -0.15) is 0 Å². The molecule has 0 radical (unpaired) electrons. The van der Waals surface area contributed by atoms with E-state index >= 15 is 0 Å². The van der Waals surface area contributed by atoms with Crippen LogP contribution in [-0.2, 0) is 5.41 Å². The third kappa shape index (κ3) is 2.75. The van der Waals surface area contributed by atoms with Crippen molar-refractivity contribution in [2.45, 2.75) is 43.6 Å². The summed E-state index contributed by atoms with van der Waals surface area (Å²) in [5.41, 5.74) is 3.13. The Morgan fingerprint density at radius 1 is 0.810 bits per heavy atom. The van der Waals surface area contributed by atoms with E-state index in [0.29, 0.717) is 6.04 Å². The molecule has 0 aromatic heterocycles. The molecule has 2 aromatic carbocycles. The average Bonchev–Trinajstić information content (AvgIpc) is 2.58. The van der Waals surface area contributed by atoms with Crippen molar-refractivity contribution in [3.8, 4) is 0 Å². The second kappa shape index (κ2) is 6.44. The van der Waals surface area contributed by atoms with Crippen LogP contribution in [0, 0.1) is 0 Å². The number of benzene rings is 2. The van der Waals surface area contributed by atoms with E-state index in [4.69, 9.17) is 0 Å². The predicted octanol–water partition coefficient (Wildman–Crippen LogP) is 4.85. The second-order valence-electron chi connectivity index (χ2n) is 6.22. The van der Waals surface area contributed by atoms with Crippen LogP contribution < -0.4 is 5.32 Å². The van der Waals surface area contributed by atoms with Crippen LogP contribution in [0.15, 0.2) is 60.7 Å². The minimum absolute atomic E-state index is 0.232. The number of hydrogen-bond donors (Lipinski definition) is 1. The monoisotopic (exact) mass is 279 g/mol. The Morgan fingerprint density at radius 2 is 1.38 bits per heavy atom. The Morgan fingerprint density at radius 3 is 1.95 bits per heavy atom. The van der Waals surface area contributed by atoms with Crippen LogP contribution in [0.2, 0.25) is 0 Å². The maximum atomic E-state index is 3.63. The summed E-state index contributed by atoms with van der Waals surface area (Å²) in [5, 5.41) is 3.63. The quantitative estimate of drug-likeness (QED) is 0.843. The summed E-state index contributed by atoms with van der Waals surface area (Å²) in [7, 11) is 2.11. The molecule has 1 aliphatic rings. The van der Waals surface area contributed by atoms with Gasteiger partial charge in [-0.15, -0.1) is 0 Å². The number of nitrogens with one attached hydrogen (secondary N) is 1. The topological polar surface area (TPSA) is 12.0 Å². The summed E-state index contributed by atoms with van der Waals surface area (Å²) in [6.07, 6.45) is 6.59. The summed E-state index contributed by atoms with van der Waals surface area (Å²) >= 11 is 0. The lowest BCUT2D eigenvalue weighted by Crippen LogP contribution is -2.42. The first kappa shape index (κ1) is 14.3. The highest BCUT2D eigenvalue weighted by Crippen LogP contribution is 2.47. The largest absolute Gasteiger partial charge is 0.312 e. The standard InChI is InChI=1S/C20H25N/c1-21-19(17-11-5-2-6-12-17)20(15-9-4-10-16-20)18-13-7-3-8-14-18/h2-3,5-8,11-14,19,21H,4,9-10,15-16H2,1H3. The molecule has 0 heterocycles. The highest BCUT2D eigenvalue weighted by Gasteiger charge is 2.41. The molecule has 1 fully saturated rings. The van der Waals surface area contributed by atoms with Crippen molar-refractivity contribution in [1.82, 2.24) is 5.32 Å². The first-order valence-electron chi connectivity index (χ1n) is 8.14. The van der Waals surface area contributed by atoms with E-state index in [0.717, 1.165) is 0 Å². The van der Waals surface area contributed by atoms with Crippen molar-refractivity contribution >= 4 is 0 Å². The fraction of sp³-hybridized carbons (Fsp3) is 0.400. The minimum Gasteiger partial charge on any atom is -0.312 e. The Labute approximate surface area is 128 Å². The SMILES string of the molecule is CNC(c1ccccc1)C1(c2ccccc2)CCCCC1. The normalized spacial score (nSPS) is 19.1. The van der Waals surface area contributed by atoms with Gasteiger partial charge in [-0.25, -0.2) is 0 Å². The molecule has 1 atom stereocenters. The van der Waals surface area contributed by atoms with Gasteiger partial charge >= 0.3 is 0 Å². The Kier molecular flexibility index (Phi) is 4.40. The van der Waals surface area contributed by atoms with Crippen LogP contribution in [0.5, 0.6) is 0 Å². The molecule has 1 nitrogen and oxygen atoms in total. The molecular weight excluding hydrogens is 254 g/mol. The number of hydrogen-bond acceptors (Lipinski definition) is 1. The molecule has 1 heteroatoms. The maximum Gasteiger partial charge on any atom is 0.0415 e. The highest BCUT2D eigenvalue weighted by molar-refractivity contribution is 5.34. The van der Waals surface area contributed by atoms with Crippen LogP contribution in [0.4, 0.5) is 0 Å². The van der Waals surface area contributed by atoms with Crippen LogP contribution in [0.1, 0.15) is 49.3 Å². The molecule has 1 aliphatic carbocycles. The van der Waals surface area contributed by atoms with E-state index in [-0.39, 0.29) is 5.41 Å². The van der Waals surface area contributed by atoms with Gasteiger partial charge in [-0.05, 0) is 31.0 Å². The molecule has 0 aliphatic heterocycles. The van der Waals surface area contributed by atoms with E-state index in [1.807, 2.05) is 0 Å². The first-order valence-corrected chi connectivity index (χ1v) is 8.14. The molecule has 0 bridgehead atoms. The van der Waals surface area contributed by atoms with Crippen molar-refractivity contribution < 1.29 is 0 Å². The van der Waals surface area contributed by atoms with Crippen molar-refractivity contribution in [2.24, 2.45) is 0 Å². The second-order valence-corrected chi connectivity index (χ2v) is 6.22. The predicted molar refractivity (Wildman–Crippen MR) is 89.4 cm³/mol. The van der Waals surface area contributed by atoms with Gasteiger partial charge in [0, 0.05) is 11.5 Å². The fourth-order valence-corrected chi connectivity index (χ4v) is 4.10. The molecule has 3 rings (SSSR count). The van der Waals surface area contributed by atoms with Gasteiger partial charge in [0.25, 0.3) is 0 Å². The first-order chi connectivity index (χ1) is 10.4. The Balaban J connectivity index is 2.06. The van der Waals surface area contributed by atoms with Crippen molar-refractivity contribution in [2.75, 3.05) is 7.05 Å². The zero-order valence-corrected chi connectivity index (χ0v) is 12.9. The average molecular weight is 279 g/mol. The molecule has 2 aromatic rings. The van der Waals surface area contributed by atoms with Crippen LogP contribution in [-0.4, -0.2) is 7.05 Å². The molecule has 0 saturated heterocycles. The fourth-order valence-electron chi connectivity index (χ4n) is 4.10. The zero-order valence-electron chi connectivity index (χ0n) is 12.9. The maximum absolute atomic E-state index is 3.63. The lowest BCUT2D eigenvalue weighted by atomic mass is 9.63. The third-order valence-electron chi connectivity index (χ3n) is 5.07. The number of likely N-dealkylation sites (N-methyl/N-ethyl adjacent to an activating group) is 1. The minimum atomic E-state index is 0.232. The molecule has 1 unspecified atom stereocenters. The molecule has 0 amide bonds. The van der Waals surface area contributed by atoms with Crippen LogP contribution in [0.3, 0.4) is 0 Å². The van der Waals surface area contributed by atoms with Crippen LogP contribution in [0.25, 0.3) is 0 Å². The Bertz CT molecular complexity index is 541. The van der Waals surface area contributed by atoms with Gasteiger partial charge in [0.05, 0.1) is 0 Å². The molecule has 110 valence electrons. The van der Waals surface area contributed by atoms with E-state index in [2.05, 4.69) is 73.0 Å². The highest BCUT2D eigenvalue weighted by atomic mass is 14.9. The third-order valence-corrected chi connectivity index (χ3v) is 5.07. The van der Waals surface area contributed by atoms with Gasteiger partial charge < -0.3 is 5.32 Å². The van der Waals surface area contributed by atoms with E-state index < -0.39 is 0 Å². The molecule has 1 saturated carbocycles. The van der Waals surface area contributed by atoms with E-state index in [1.54, 1.807) is 0 Å². The van der Waals surface area contributed by atoms with E-state index in [1.165, 1.54) is 43.2 Å². The van der Waals surface area contributed by atoms with Crippen LogP contribution >= 0.6 is 0 Å². The lowest BCUT2D eigenvalue weighted by Gasteiger charge is -2.44. The summed E-state index contributed by atoms with van der Waals surface area (Å²) < 4.78 is 0. The smallest absolute Gasteiger partial charge is 0.0415 e. The summed E-state index contributed by atoms with van der Waals surface area (Å²) in [6, 6.07) is 22.5. The van der Waals surface area contributed by atoms with Crippen molar-refractivity contribution in [1.29, 1.82) is 0 Å². The van der Waals surface area contributed by atoms with Gasteiger partial charge in [-0.3, -0.25) is 0 Å². The number of rotatable bonds is 4. The molecule has 0 spiro atoms. The summed E-state index contributed by atoms with van der Waals surface area (Å²) in [4.78, 5) is 0. The molecular formula is C20H25N. The Hall–Kier alpha value is -1.60. The van der Waals surface area contributed by atoms with Crippen molar-refractivity contribution in [3.05, 3.63) is 71.8 Å². The molecule has 21 heavy (non-hydrogen) atoms. The van der Waals surface area contributed by atoms with Gasteiger partial charge in [-0.1, -0.05) is 79.9 Å². The molecule has 1 N–H and O–H groups in total. The lowest BCUT2D eigenvalue weighted by molar-refractivity contribution is 0.221. The zero-order chi connectivity index (χ0) is 14.5. The van der Waals surface area contributed by atoms with Gasteiger partial charge in [0.2, 0.25) is 0 Å². The van der Waals surface area contributed by atoms with Gasteiger partial charge in [0.15, 0.2) is 0 Å². The summed E-state index contributed by atoms with van der Waals surface area (Å²) in [5.74, 6) is 0. The van der Waals surface area contributed by atoms with E-state index in [9.17, 15) is 0 Å². The van der Waals surface area contributed by atoms with Crippen molar-refractivity contribution in [3.63, 3.8) is 0 Å². The van der Waals surface area contributed by atoms with Gasteiger partial charge in [0.1, 0.15) is 0 Å². The summed E-state index contributed by atoms with van der Waals surface area (Å²) in [6.45, 7) is 0.